The zero-order chi connectivity index (χ0) is 19.8. The molecule has 0 atom stereocenters. The minimum atomic E-state index is -0.299. The Hall–Kier alpha value is -2.99. The highest BCUT2D eigenvalue weighted by molar-refractivity contribution is 6.32. The fourth-order valence-electron chi connectivity index (χ4n) is 2.34. The summed E-state index contributed by atoms with van der Waals surface area (Å²) in [6.45, 7) is 3.76. The number of hydrogen-bond donors (Lipinski definition) is 2. The van der Waals surface area contributed by atoms with Crippen LogP contribution in [0.3, 0.4) is 0 Å². The molecule has 0 unspecified atom stereocenters. The molecule has 0 bridgehead atoms. The van der Waals surface area contributed by atoms with Gasteiger partial charge in [-0.05, 0) is 55.0 Å². The number of rotatable bonds is 7. The molecule has 6 nitrogen and oxygen atoms in total. The van der Waals surface area contributed by atoms with E-state index >= 15 is 0 Å². The van der Waals surface area contributed by atoms with E-state index in [2.05, 4.69) is 10.6 Å². The maximum absolute atomic E-state index is 12.1. The molecule has 0 saturated heterocycles. The average Bonchev–Trinajstić information content (AvgIpc) is 2.61. The largest absolute Gasteiger partial charge is 0.491 e. The highest BCUT2D eigenvalue weighted by Crippen LogP contribution is 2.36. The van der Waals surface area contributed by atoms with Gasteiger partial charge in [-0.1, -0.05) is 11.6 Å². The summed E-state index contributed by atoms with van der Waals surface area (Å²) in [5, 5.41) is 5.80. The van der Waals surface area contributed by atoms with Crippen molar-refractivity contribution in [2.24, 2.45) is 0 Å². The molecule has 0 saturated carbocycles. The van der Waals surface area contributed by atoms with Crippen LogP contribution in [0.2, 0.25) is 5.02 Å². The molecular formula is C20H21ClN2O4. The third-order valence-corrected chi connectivity index (χ3v) is 3.72. The Morgan fingerprint density at radius 1 is 1.11 bits per heavy atom. The van der Waals surface area contributed by atoms with Crippen molar-refractivity contribution in [3.63, 3.8) is 0 Å². The highest BCUT2D eigenvalue weighted by atomic mass is 35.5. The lowest BCUT2D eigenvalue weighted by Gasteiger charge is -2.11. The molecule has 0 spiro atoms. The minimum absolute atomic E-state index is 0.153. The average molecular weight is 389 g/mol. The van der Waals surface area contributed by atoms with Crippen LogP contribution in [0.15, 0.2) is 42.5 Å². The number of halogens is 1. The summed E-state index contributed by atoms with van der Waals surface area (Å²) in [6.07, 6.45) is 3.03. The predicted octanol–water partition coefficient (Wildman–Crippen LogP) is 4.36. The number of carbonyl (C=O) groups is 2. The standard InChI is InChI=1S/C20H21ClN2O4/c1-4-27-18-12-14(11-17(21)20(18)26-3)5-10-19(25)23-16-8-6-15(7-9-16)22-13(2)24/h5-12H,4H2,1-3H3,(H,22,24)(H,23,25)/b10-5+. The first kappa shape index (κ1) is 20.3. The van der Waals surface area contributed by atoms with E-state index in [1.165, 1.54) is 20.1 Å². The fourth-order valence-corrected chi connectivity index (χ4v) is 2.64. The van der Waals surface area contributed by atoms with Crippen LogP contribution in [-0.2, 0) is 9.59 Å². The third kappa shape index (κ3) is 6.04. The van der Waals surface area contributed by atoms with Crippen LogP contribution >= 0.6 is 11.6 Å². The van der Waals surface area contributed by atoms with Crippen LogP contribution in [0.1, 0.15) is 19.4 Å². The molecule has 2 aromatic carbocycles. The van der Waals surface area contributed by atoms with Crippen LogP contribution < -0.4 is 20.1 Å². The van der Waals surface area contributed by atoms with Gasteiger partial charge in [0.15, 0.2) is 11.5 Å². The van der Waals surface area contributed by atoms with E-state index in [1.807, 2.05) is 6.92 Å². The van der Waals surface area contributed by atoms with Crippen molar-refractivity contribution >= 4 is 40.9 Å². The van der Waals surface area contributed by atoms with E-state index in [1.54, 1.807) is 42.5 Å². The minimum Gasteiger partial charge on any atom is -0.491 e. The van der Waals surface area contributed by atoms with E-state index in [0.29, 0.717) is 40.1 Å². The third-order valence-electron chi connectivity index (χ3n) is 3.44. The smallest absolute Gasteiger partial charge is 0.248 e. The molecular weight excluding hydrogens is 368 g/mol. The Morgan fingerprint density at radius 2 is 1.74 bits per heavy atom. The first-order valence-electron chi connectivity index (χ1n) is 8.30. The van der Waals surface area contributed by atoms with Crippen molar-refractivity contribution in [2.75, 3.05) is 24.4 Å². The molecule has 2 aromatic rings. The number of amides is 2. The summed E-state index contributed by atoms with van der Waals surface area (Å²) in [5.41, 5.74) is 1.98. The molecule has 142 valence electrons. The Labute approximate surface area is 163 Å². The lowest BCUT2D eigenvalue weighted by Crippen LogP contribution is -2.08. The topological polar surface area (TPSA) is 76.7 Å². The SMILES string of the molecule is CCOc1cc(/C=C/C(=O)Nc2ccc(NC(C)=O)cc2)cc(Cl)c1OC. The summed E-state index contributed by atoms with van der Waals surface area (Å²) in [4.78, 5) is 23.1. The van der Waals surface area contributed by atoms with E-state index in [0.717, 1.165) is 0 Å². The Balaban J connectivity index is 2.06. The molecule has 0 fully saturated rings. The quantitative estimate of drug-likeness (QED) is 0.691. The van der Waals surface area contributed by atoms with Gasteiger partial charge in [0.1, 0.15) is 0 Å². The number of ether oxygens (including phenoxy) is 2. The number of nitrogens with one attached hydrogen (secondary N) is 2. The van der Waals surface area contributed by atoms with Crippen LogP contribution in [0, 0.1) is 0 Å². The predicted molar refractivity (Wildman–Crippen MR) is 108 cm³/mol. The van der Waals surface area contributed by atoms with Gasteiger partial charge in [-0.15, -0.1) is 0 Å². The van der Waals surface area contributed by atoms with Crippen molar-refractivity contribution in [2.45, 2.75) is 13.8 Å². The van der Waals surface area contributed by atoms with Crippen LogP contribution in [0.4, 0.5) is 11.4 Å². The summed E-state index contributed by atoms with van der Waals surface area (Å²) >= 11 is 6.20. The Kier molecular flexibility index (Phi) is 7.25. The van der Waals surface area contributed by atoms with Gasteiger partial charge in [0.2, 0.25) is 11.8 Å². The van der Waals surface area contributed by atoms with Crippen molar-refractivity contribution in [1.29, 1.82) is 0 Å². The second-order valence-electron chi connectivity index (χ2n) is 5.55. The lowest BCUT2D eigenvalue weighted by molar-refractivity contribution is -0.114. The number of methoxy groups -OCH3 is 1. The fraction of sp³-hybridized carbons (Fsp3) is 0.200. The van der Waals surface area contributed by atoms with Gasteiger partial charge < -0.3 is 20.1 Å². The molecule has 2 rings (SSSR count). The van der Waals surface area contributed by atoms with E-state index in [4.69, 9.17) is 21.1 Å². The normalized spacial score (nSPS) is 10.5. The summed E-state index contributed by atoms with van der Waals surface area (Å²) in [5.74, 6) is 0.520. The summed E-state index contributed by atoms with van der Waals surface area (Å²) < 4.78 is 10.8. The molecule has 0 radical (unpaired) electrons. The van der Waals surface area contributed by atoms with Gasteiger partial charge in [-0.25, -0.2) is 0 Å². The van der Waals surface area contributed by atoms with Gasteiger partial charge in [-0.2, -0.15) is 0 Å². The van der Waals surface area contributed by atoms with Gasteiger partial charge in [0.25, 0.3) is 0 Å². The molecule has 2 amide bonds. The van der Waals surface area contributed by atoms with E-state index in [9.17, 15) is 9.59 Å². The van der Waals surface area contributed by atoms with Gasteiger partial charge in [0.05, 0.1) is 18.7 Å². The van der Waals surface area contributed by atoms with Crippen LogP contribution in [-0.4, -0.2) is 25.5 Å². The molecule has 0 aliphatic carbocycles. The molecule has 2 N–H and O–H groups in total. The Bertz CT molecular complexity index is 848. The summed E-state index contributed by atoms with van der Waals surface area (Å²) in [7, 11) is 1.52. The highest BCUT2D eigenvalue weighted by Gasteiger charge is 2.10. The first-order chi connectivity index (χ1) is 12.9. The van der Waals surface area contributed by atoms with Crippen molar-refractivity contribution in [1.82, 2.24) is 0 Å². The number of anilines is 2. The van der Waals surface area contributed by atoms with Crippen molar-refractivity contribution < 1.29 is 19.1 Å². The number of carbonyl (C=O) groups excluding carboxylic acids is 2. The van der Waals surface area contributed by atoms with E-state index < -0.39 is 0 Å². The maximum atomic E-state index is 12.1. The zero-order valence-corrected chi connectivity index (χ0v) is 16.1. The number of hydrogen-bond acceptors (Lipinski definition) is 4. The second kappa shape index (κ2) is 9.64. The second-order valence-corrected chi connectivity index (χ2v) is 5.96. The molecule has 7 heteroatoms. The molecule has 0 aliphatic rings. The molecule has 0 heterocycles. The summed E-state index contributed by atoms with van der Waals surface area (Å²) in [6, 6.07) is 10.3. The van der Waals surface area contributed by atoms with Crippen molar-refractivity contribution in [3.8, 4) is 11.5 Å². The maximum Gasteiger partial charge on any atom is 0.248 e. The molecule has 27 heavy (non-hydrogen) atoms. The van der Waals surface area contributed by atoms with Crippen molar-refractivity contribution in [3.05, 3.63) is 53.1 Å². The van der Waals surface area contributed by atoms with E-state index in [-0.39, 0.29) is 11.8 Å². The van der Waals surface area contributed by atoms with Gasteiger partial charge >= 0.3 is 0 Å². The van der Waals surface area contributed by atoms with Gasteiger partial charge in [-0.3, -0.25) is 9.59 Å². The van der Waals surface area contributed by atoms with Crippen LogP contribution in [0.5, 0.6) is 11.5 Å². The zero-order valence-electron chi connectivity index (χ0n) is 15.3. The lowest BCUT2D eigenvalue weighted by atomic mass is 10.2. The van der Waals surface area contributed by atoms with Gasteiger partial charge in [0, 0.05) is 24.4 Å². The number of benzene rings is 2. The first-order valence-corrected chi connectivity index (χ1v) is 8.67. The Morgan fingerprint density at radius 3 is 2.30 bits per heavy atom. The van der Waals surface area contributed by atoms with Crippen LogP contribution in [0.25, 0.3) is 6.08 Å². The molecule has 0 aromatic heterocycles. The molecule has 0 aliphatic heterocycles. The monoisotopic (exact) mass is 388 g/mol.